The largest absolute Gasteiger partial charge is 0.395 e. The van der Waals surface area contributed by atoms with Crippen molar-refractivity contribution in [1.29, 1.82) is 0 Å². The molecule has 1 aromatic rings. The second-order valence-corrected chi connectivity index (χ2v) is 5.42. The Labute approximate surface area is 119 Å². The normalized spacial score (nSPS) is 16.1. The fraction of sp³-hybridized carbons (Fsp3) is 0.714. The molecule has 0 aromatic carbocycles. The van der Waals surface area contributed by atoms with Gasteiger partial charge in [0.25, 0.3) is 5.91 Å². The quantitative estimate of drug-likeness (QED) is 0.797. The van der Waals surface area contributed by atoms with Crippen LogP contribution in [-0.2, 0) is 4.74 Å². The maximum absolute atomic E-state index is 12.6. The van der Waals surface area contributed by atoms with Gasteiger partial charge in [0.2, 0.25) is 0 Å². The molecule has 0 radical (unpaired) electrons. The van der Waals surface area contributed by atoms with Crippen LogP contribution in [0.15, 0.2) is 0 Å². The molecule has 1 atom stereocenters. The Kier molecular flexibility index (Phi) is 4.65. The van der Waals surface area contributed by atoms with E-state index in [1.54, 1.807) is 12.0 Å². The third-order valence-corrected chi connectivity index (χ3v) is 3.94. The number of aromatic nitrogens is 2. The van der Waals surface area contributed by atoms with Gasteiger partial charge in [0.05, 0.1) is 18.0 Å². The highest BCUT2D eigenvalue weighted by atomic mass is 16.5. The summed E-state index contributed by atoms with van der Waals surface area (Å²) in [6.07, 6.45) is 3.13. The smallest absolute Gasteiger partial charge is 0.276 e. The van der Waals surface area contributed by atoms with Crippen molar-refractivity contribution in [3.8, 4) is 0 Å². The van der Waals surface area contributed by atoms with Crippen molar-refractivity contribution in [2.45, 2.75) is 45.1 Å². The van der Waals surface area contributed by atoms with Crippen LogP contribution in [0.4, 0.5) is 5.69 Å². The molecule has 112 valence electrons. The molecule has 1 aliphatic rings. The van der Waals surface area contributed by atoms with E-state index in [0.717, 1.165) is 25.0 Å². The van der Waals surface area contributed by atoms with Crippen LogP contribution >= 0.6 is 0 Å². The predicted molar refractivity (Wildman–Crippen MR) is 77.6 cm³/mol. The molecule has 20 heavy (non-hydrogen) atoms. The number of amides is 1. The molecule has 0 aliphatic heterocycles. The van der Waals surface area contributed by atoms with Crippen LogP contribution in [0.1, 0.15) is 55.2 Å². The third kappa shape index (κ3) is 2.95. The molecule has 1 aromatic heterocycles. The zero-order valence-electron chi connectivity index (χ0n) is 12.5. The number of methoxy groups -OCH3 is 1. The van der Waals surface area contributed by atoms with E-state index in [1.165, 1.54) is 0 Å². The van der Waals surface area contributed by atoms with Gasteiger partial charge in [0, 0.05) is 25.6 Å². The molecule has 1 fully saturated rings. The summed E-state index contributed by atoms with van der Waals surface area (Å²) >= 11 is 0. The van der Waals surface area contributed by atoms with E-state index >= 15 is 0 Å². The Morgan fingerprint density at radius 2 is 2.30 bits per heavy atom. The summed E-state index contributed by atoms with van der Waals surface area (Å²) in [5.41, 5.74) is 7.87. The van der Waals surface area contributed by atoms with E-state index in [2.05, 4.69) is 17.1 Å². The van der Waals surface area contributed by atoms with Crippen LogP contribution in [0, 0.1) is 0 Å². The average molecular weight is 280 g/mol. The van der Waals surface area contributed by atoms with Gasteiger partial charge in [-0.15, -0.1) is 0 Å². The summed E-state index contributed by atoms with van der Waals surface area (Å²) in [5, 5.41) is 7.07. The van der Waals surface area contributed by atoms with Gasteiger partial charge in [-0.1, -0.05) is 6.92 Å². The maximum Gasteiger partial charge on any atom is 0.276 e. The number of H-pyrrole nitrogens is 1. The molecule has 2 rings (SSSR count). The van der Waals surface area contributed by atoms with Crippen molar-refractivity contribution in [3.05, 3.63) is 11.4 Å². The number of hydrogen-bond acceptors (Lipinski definition) is 4. The topological polar surface area (TPSA) is 84.2 Å². The summed E-state index contributed by atoms with van der Waals surface area (Å²) in [5.74, 6) is 0.345. The van der Waals surface area contributed by atoms with Gasteiger partial charge in [-0.2, -0.15) is 5.10 Å². The lowest BCUT2D eigenvalue weighted by Crippen LogP contribution is -2.41. The molecule has 0 saturated heterocycles. The molecular formula is C14H24N4O2. The number of anilines is 1. The number of hydrogen-bond donors (Lipinski definition) is 2. The van der Waals surface area contributed by atoms with Crippen molar-refractivity contribution in [1.82, 2.24) is 15.1 Å². The number of nitrogens with one attached hydrogen (secondary N) is 1. The van der Waals surface area contributed by atoms with Crippen LogP contribution in [0.25, 0.3) is 0 Å². The van der Waals surface area contributed by atoms with E-state index in [1.807, 2.05) is 6.92 Å². The second-order valence-electron chi connectivity index (χ2n) is 5.42. The molecule has 1 aliphatic carbocycles. The number of rotatable bonds is 7. The lowest BCUT2D eigenvalue weighted by atomic mass is 10.1. The van der Waals surface area contributed by atoms with E-state index in [-0.39, 0.29) is 11.9 Å². The standard InChI is InChI=1S/C14H24N4O2/c1-4-9(2)18(7-8-20-3)14(19)13-11(15)12(16-17-13)10-5-6-10/h9-10H,4-8,15H2,1-3H3,(H,16,17). The van der Waals surface area contributed by atoms with Gasteiger partial charge in [0.1, 0.15) is 0 Å². The monoisotopic (exact) mass is 280 g/mol. The highest BCUT2D eigenvalue weighted by molar-refractivity contribution is 5.98. The first kappa shape index (κ1) is 14.8. The van der Waals surface area contributed by atoms with Crippen LogP contribution < -0.4 is 5.73 Å². The summed E-state index contributed by atoms with van der Waals surface area (Å²) in [6.45, 7) is 5.14. The number of nitrogen functional groups attached to an aromatic ring is 1. The lowest BCUT2D eigenvalue weighted by Gasteiger charge is -2.27. The lowest BCUT2D eigenvalue weighted by molar-refractivity contribution is 0.0609. The molecule has 6 nitrogen and oxygen atoms in total. The van der Waals surface area contributed by atoms with Gasteiger partial charge in [0.15, 0.2) is 5.69 Å². The number of aromatic amines is 1. The highest BCUT2D eigenvalue weighted by Crippen LogP contribution is 2.42. The van der Waals surface area contributed by atoms with Crippen molar-refractivity contribution in [2.24, 2.45) is 0 Å². The minimum atomic E-state index is -0.114. The molecule has 1 amide bonds. The number of ether oxygens (including phenoxy) is 1. The average Bonchev–Trinajstić information content (AvgIpc) is 3.21. The van der Waals surface area contributed by atoms with Crippen LogP contribution in [0.5, 0.6) is 0 Å². The van der Waals surface area contributed by atoms with Crippen molar-refractivity contribution >= 4 is 11.6 Å². The summed E-state index contributed by atoms with van der Waals surface area (Å²) in [4.78, 5) is 14.4. The number of carbonyl (C=O) groups excluding carboxylic acids is 1. The van der Waals surface area contributed by atoms with Gasteiger partial charge < -0.3 is 15.4 Å². The molecule has 0 bridgehead atoms. The van der Waals surface area contributed by atoms with Crippen LogP contribution in [0.3, 0.4) is 0 Å². The van der Waals surface area contributed by atoms with Crippen LogP contribution in [-0.4, -0.2) is 47.3 Å². The number of nitrogens with two attached hydrogens (primary N) is 1. The van der Waals surface area contributed by atoms with Crippen molar-refractivity contribution in [2.75, 3.05) is 26.0 Å². The Morgan fingerprint density at radius 1 is 1.60 bits per heavy atom. The molecule has 1 unspecified atom stereocenters. The SMILES string of the molecule is CCC(C)N(CCOC)C(=O)c1n[nH]c(C2CC2)c1N. The summed E-state index contributed by atoms with van der Waals surface area (Å²) < 4.78 is 5.08. The molecule has 1 heterocycles. The van der Waals surface area contributed by atoms with Crippen molar-refractivity contribution in [3.63, 3.8) is 0 Å². The molecule has 6 heteroatoms. The van der Waals surface area contributed by atoms with Gasteiger partial charge >= 0.3 is 0 Å². The zero-order valence-corrected chi connectivity index (χ0v) is 12.5. The van der Waals surface area contributed by atoms with E-state index in [4.69, 9.17) is 10.5 Å². The molecular weight excluding hydrogens is 256 g/mol. The summed E-state index contributed by atoms with van der Waals surface area (Å²) in [7, 11) is 1.63. The summed E-state index contributed by atoms with van der Waals surface area (Å²) in [6, 6.07) is 0.137. The first-order chi connectivity index (χ1) is 9.60. The fourth-order valence-electron chi connectivity index (χ4n) is 2.28. The third-order valence-electron chi connectivity index (χ3n) is 3.94. The molecule has 3 N–H and O–H groups in total. The Morgan fingerprint density at radius 3 is 2.85 bits per heavy atom. The molecule has 1 saturated carbocycles. The first-order valence-corrected chi connectivity index (χ1v) is 7.23. The minimum Gasteiger partial charge on any atom is -0.395 e. The Hall–Kier alpha value is -1.56. The Balaban J connectivity index is 2.17. The predicted octanol–water partition coefficient (Wildman–Crippen LogP) is 1.76. The van der Waals surface area contributed by atoms with Gasteiger partial charge in [-0.25, -0.2) is 0 Å². The van der Waals surface area contributed by atoms with E-state index in [9.17, 15) is 4.79 Å². The van der Waals surface area contributed by atoms with E-state index in [0.29, 0.717) is 30.5 Å². The van der Waals surface area contributed by atoms with Crippen LogP contribution in [0.2, 0.25) is 0 Å². The number of nitrogens with zero attached hydrogens (tertiary/aromatic N) is 2. The van der Waals surface area contributed by atoms with Gasteiger partial charge in [-0.05, 0) is 26.2 Å². The number of carbonyl (C=O) groups is 1. The second kappa shape index (κ2) is 6.26. The van der Waals surface area contributed by atoms with Crippen molar-refractivity contribution < 1.29 is 9.53 Å². The Bertz CT molecular complexity index is 468. The maximum atomic E-state index is 12.6. The first-order valence-electron chi connectivity index (χ1n) is 7.23. The zero-order chi connectivity index (χ0) is 14.7. The fourth-order valence-corrected chi connectivity index (χ4v) is 2.28. The minimum absolute atomic E-state index is 0.114. The van der Waals surface area contributed by atoms with E-state index < -0.39 is 0 Å². The molecule has 0 spiro atoms. The highest BCUT2D eigenvalue weighted by Gasteiger charge is 2.32. The van der Waals surface area contributed by atoms with Gasteiger partial charge in [-0.3, -0.25) is 9.89 Å².